The van der Waals surface area contributed by atoms with Crippen molar-refractivity contribution in [1.29, 1.82) is 0 Å². The number of hydrogen-bond acceptors (Lipinski definition) is 5. The van der Waals surface area contributed by atoms with Gasteiger partial charge in [-0.15, -0.1) is 11.3 Å². The number of carbonyl (C=O) groups excluding carboxylic acids is 1. The number of carbonyl (C=O) groups is 1. The van der Waals surface area contributed by atoms with E-state index in [2.05, 4.69) is 15.2 Å². The summed E-state index contributed by atoms with van der Waals surface area (Å²) in [5, 5.41) is 6.26. The van der Waals surface area contributed by atoms with Crippen LogP contribution in [0.25, 0.3) is 10.6 Å². The van der Waals surface area contributed by atoms with Gasteiger partial charge in [-0.25, -0.2) is 4.98 Å². The predicted octanol–water partition coefficient (Wildman–Crippen LogP) is 2.91. The summed E-state index contributed by atoms with van der Waals surface area (Å²) < 4.78 is 5.34. The molecule has 1 fully saturated rings. The molecule has 1 N–H and O–H groups in total. The van der Waals surface area contributed by atoms with Crippen molar-refractivity contribution in [3.8, 4) is 10.6 Å². The van der Waals surface area contributed by atoms with Crippen LogP contribution in [0.2, 0.25) is 5.02 Å². The Kier molecular flexibility index (Phi) is 5.84. The summed E-state index contributed by atoms with van der Waals surface area (Å²) in [4.78, 5) is 19.1. The summed E-state index contributed by atoms with van der Waals surface area (Å²) in [6, 6.07) is 7.55. The summed E-state index contributed by atoms with van der Waals surface area (Å²) in [6.07, 6.45) is 0. The van der Waals surface area contributed by atoms with Crippen LogP contribution in [0.4, 0.5) is 0 Å². The quantitative estimate of drug-likeness (QED) is 0.885. The molecule has 128 valence electrons. The van der Waals surface area contributed by atoms with Gasteiger partial charge >= 0.3 is 0 Å². The normalized spacial score (nSPS) is 16.8. The van der Waals surface area contributed by atoms with Crippen LogP contribution in [0.1, 0.15) is 17.4 Å². The number of hydrogen-bond donors (Lipinski definition) is 1. The van der Waals surface area contributed by atoms with Gasteiger partial charge in [0.15, 0.2) is 0 Å². The number of rotatable bonds is 5. The zero-order valence-corrected chi connectivity index (χ0v) is 15.1. The van der Waals surface area contributed by atoms with E-state index in [0.29, 0.717) is 10.7 Å². The second kappa shape index (κ2) is 8.07. The van der Waals surface area contributed by atoms with Gasteiger partial charge in [-0.1, -0.05) is 23.7 Å². The molecule has 0 saturated carbocycles. The van der Waals surface area contributed by atoms with Gasteiger partial charge in [-0.3, -0.25) is 9.69 Å². The van der Waals surface area contributed by atoms with Crippen LogP contribution >= 0.6 is 22.9 Å². The number of benzene rings is 1. The minimum Gasteiger partial charge on any atom is -0.379 e. The van der Waals surface area contributed by atoms with Crippen molar-refractivity contribution in [1.82, 2.24) is 15.2 Å². The number of nitrogens with one attached hydrogen (secondary N) is 1. The van der Waals surface area contributed by atoms with Gasteiger partial charge in [-0.05, 0) is 19.1 Å². The first kappa shape index (κ1) is 17.4. The van der Waals surface area contributed by atoms with Crippen molar-refractivity contribution in [2.24, 2.45) is 0 Å². The van der Waals surface area contributed by atoms with Crippen molar-refractivity contribution in [3.05, 3.63) is 40.4 Å². The Morgan fingerprint density at radius 1 is 1.46 bits per heavy atom. The van der Waals surface area contributed by atoms with Gasteiger partial charge in [0.25, 0.3) is 5.91 Å². The number of ether oxygens (including phenoxy) is 1. The Morgan fingerprint density at radius 2 is 2.25 bits per heavy atom. The second-order valence-corrected chi connectivity index (χ2v) is 7.13. The Morgan fingerprint density at radius 3 is 3.00 bits per heavy atom. The van der Waals surface area contributed by atoms with Gasteiger partial charge in [0, 0.05) is 41.6 Å². The van der Waals surface area contributed by atoms with Gasteiger partial charge in [0.2, 0.25) is 0 Å². The number of nitrogens with zero attached hydrogens (tertiary/aromatic N) is 2. The van der Waals surface area contributed by atoms with E-state index in [1.807, 2.05) is 31.2 Å². The minimum absolute atomic E-state index is 0.0620. The number of morpholine rings is 1. The van der Waals surface area contributed by atoms with Crippen LogP contribution in [-0.4, -0.2) is 54.7 Å². The minimum atomic E-state index is -0.139. The van der Waals surface area contributed by atoms with Gasteiger partial charge in [0.1, 0.15) is 10.7 Å². The average Bonchev–Trinajstić information content (AvgIpc) is 3.06. The van der Waals surface area contributed by atoms with Crippen molar-refractivity contribution >= 4 is 28.8 Å². The molecular weight excluding hydrogens is 346 g/mol. The highest BCUT2D eigenvalue weighted by molar-refractivity contribution is 7.13. The lowest BCUT2D eigenvalue weighted by molar-refractivity contribution is 0.0342. The molecule has 2 heterocycles. The van der Waals surface area contributed by atoms with Gasteiger partial charge in [-0.2, -0.15) is 0 Å². The topological polar surface area (TPSA) is 54.5 Å². The molecule has 7 heteroatoms. The summed E-state index contributed by atoms with van der Waals surface area (Å²) in [5.74, 6) is -0.139. The third-order valence-electron chi connectivity index (χ3n) is 3.82. The Bertz CT molecular complexity index is 701. The fourth-order valence-electron chi connectivity index (χ4n) is 2.65. The predicted molar refractivity (Wildman–Crippen MR) is 96.7 cm³/mol. The molecule has 1 aliphatic heterocycles. The molecule has 0 bridgehead atoms. The number of aromatic nitrogens is 1. The largest absolute Gasteiger partial charge is 0.379 e. The third-order valence-corrected chi connectivity index (χ3v) is 4.95. The highest BCUT2D eigenvalue weighted by atomic mass is 35.5. The van der Waals surface area contributed by atoms with E-state index in [0.717, 1.165) is 43.4 Å². The number of halogens is 1. The zero-order chi connectivity index (χ0) is 16.9. The molecule has 0 spiro atoms. The molecule has 1 unspecified atom stereocenters. The lowest BCUT2D eigenvalue weighted by Crippen LogP contribution is -2.46. The molecule has 1 atom stereocenters. The van der Waals surface area contributed by atoms with E-state index >= 15 is 0 Å². The summed E-state index contributed by atoms with van der Waals surface area (Å²) in [6.45, 7) is 6.18. The van der Waals surface area contributed by atoms with E-state index in [4.69, 9.17) is 16.3 Å². The number of amides is 1. The molecule has 1 amide bonds. The molecule has 5 nitrogen and oxygen atoms in total. The van der Waals surface area contributed by atoms with Gasteiger partial charge in [0.05, 0.1) is 13.2 Å². The van der Waals surface area contributed by atoms with Crippen molar-refractivity contribution in [2.75, 3.05) is 32.8 Å². The summed E-state index contributed by atoms with van der Waals surface area (Å²) in [5.41, 5.74) is 1.37. The molecule has 0 radical (unpaired) electrons. The van der Waals surface area contributed by atoms with Crippen LogP contribution < -0.4 is 5.32 Å². The van der Waals surface area contributed by atoms with Crippen molar-refractivity contribution < 1.29 is 9.53 Å². The van der Waals surface area contributed by atoms with Crippen LogP contribution in [0.3, 0.4) is 0 Å². The monoisotopic (exact) mass is 365 g/mol. The highest BCUT2D eigenvalue weighted by Crippen LogP contribution is 2.26. The van der Waals surface area contributed by atoms with Crippen LogP contribution in [0.15, 0.2) is 29.6 Å². The van der Waals surface area contributed by atoms with E-state index in [1.165, 1.54) is 11.3 Å². The standard InChI is InChI=1S/C17H20ClN3O2S/c1-12(10-21-5-7-23-8-6-21)19-16(22)15-11-24-17(20-15)13-3-2-4-14(18)9-13/h2-4,9,11-12H,5-8,10H2,1H3,(H,19,22). The molecule has 1 aromatic carbocycles. The maximum Gasteiger partial charge on any atom is 0.271 e. The smallest absolute Gasteiger partial charge is 0.271 e. The lowest BCUT2D eigenvalue weighted by Gasteiger charge is -2.29. The molecule has 2 aromatic rings. The molecule has 1 saturated heterocycles. The molecule has 1 aromatic heterocycles. The summed E-state index contributed by atoms with van der Waals surface area (Å²) in [7, 11) is 0. The maximum absolute atomic E-state index is 12.4. The van der Waals surface area contributed by atoms with Crippen LogP contribution in [0, 0.1) is 0 Å². The van der Waals surface area contributed by atoms with Crippen LogP contribution in [-0.2, 0) is 4.74 Å². The molecule has 24 heavy (non-hydrogen) atoms. The van der Waals surface area contributed by atoms with Crippen LogP contribution in [0.5, 0.6) is 0 Å². The van der Waals surface area contributed by atoms with E-state index in [-0.39, 0.29) is 11.9 Å². The first-order valence-corrected chi connectivity index (χ1v) is 9.20. The Labute approximate surface area is 150 Å². The van der Waals surface area contributed by atoms with Crippen molar-refractivity contribution in [2.45, 2.75) is 13.0 Å². The van der Waals surface area contributed by atoms with E-state index in [1.54, 1.807) is 5.38 Å². The average molecular weight is 366 g/mol. The van der Waals surface area contributed by atoms with E-state index < -0.39 is 0 Å². The molecular formula is C17H20ClN3O2S. The highest BCUT2D eigenvalue weighted by Gasteiger charge is 2.17. The van der Waals surface area contributed by atoms with E-state index in [9.17, 15) is 4.79 Å². The first-order chi connectivity index (χ1) is 11.6. The molecule has 1 aliphatic rings. The number of thiazole rings is 1. The lowest BCUT2D eigenvalue weighted by atomic mass is 10.2. The zero-order valence-electron chi connectivity index (χ0n) is 13.5. The third kappa shape index (κ3) is 4.54. The summed E-state index contributed by atoms with van der Waals surface area (Å²) >= 11 is 7.45. The Hall–Kier alpha value is -1.47. The Balaban J connectivity index is 1.59. The van der Waals surface area contributed by atoms with Gasteiger partial charge < -0.3 is 10.1 Å². The molecule has 0 aliphatic carbocycles. The SMILES string of the molecule is CC(CN1CCOCC1)NC(=O)c1csc(-c2cccc(Cl)c2)n1. The fourth-order valence-corrected chi connectivity index (χ4v) is 3.63. The second-order valence-electron chi connectivity index (χ2n) is 5.84. The molecule has 3 rings (SSSR count). The maximum atomic E-state index is 12.4. The fraction of sp³-hybridized carbons (Fsp3) is 0.412. The van der Waals surface area contributed by atoms with Crippen molar-refractivity contribution in [3.63, 3.8) is 0 Å². The first-order valence-electron chi connectivity index (χ1n) is 7.94.